The quantitative estimate of drug-likeness (QED) is 0.921. The molecule has 1 N–H and O–H groups in total. The number of hydrogen-bond acceptors (Lipinski definition) is 2. The second-order valence-corrected chi connectivity index (χ2v) is 5.34. The summed E-state index contributed by atoms with van der Waals surface area (Å²) in [6, 6.07) is 2.12. The van der Waals surface area contributed by atoms with Crippen molar-refractivity contribution in [1.82, 2.24) is 14.8 Å². The Balaban J connectivity index is 2.19. The Morgan fingerprint density at radius 3 is 2.74 bits per heavy atom. The van der Waals surface area contributed by atoms with Crippen LogP contribution in [0.5, 0.6) is 0 Å². The summed E-state index contributed by atoms with van der Waals surface area (Å²) >= 11 is 6.02. The predicted molar refractivity (Wildman–Crippen MR) is 77.7 cm³/mol. The van der Waals surface area contributed by atoms with Crippen LogP contribution in [0, 0.1) is 0 Å². The van der Waals surface area contributed by atoms with Crippen LogP contribution in [0.25, 0.3) is 0 Å². The molecule has 1 aromatic rings. The lowest BCUT2D eigenvalue weighted by Gasteiger charge is -2.34. The van der Waals surface area contributed by atoms with E-state index in [-0.39, 0.29) is 5.91 Å². The molecule has 0 aliphatic carbocycles. The highest BCUT2D eigenvalue weighted by Crippen LogP contribution is 2.19. The highest BCUT2D eigenvalue weighted by Gasteiger charge is 2.26. The van der Waals surface area contributed by atoms with Gasteiger partial charge in [0, 0.05) is 25.3 Å². The molecular weight excluding hydrogens is 262 g/mol. The molecule has 106 valence electrons. The Morgan fingerprint density at radius 1 is 1.47 bits per heavy atom. The standard InChI is InChI=1S/C14H22ClN3O/c1-3-17-10-11(15)9-13(17)14(19)18(4-2)12-5-7-16-8-6-12/h9-10,12,16H,3-8H2,1-2H3. The molecule has 4 nitrogen and oxygen atoms in total. The van der Waals surface area contributed by atoms with E-state index in [9.17, 15) is 4.79 Å². The van der Waals surface area contributed by atoms with Gasteiger partial charge in [-0.3, -0.25) is 4.79 Å². The van der Waals surface area contributed by atoms with Gasteiger partial charge >= 0.3 is 0 Å². The van der Waals surface area contributed by atoms with Gasteiger partial charge < -0.3 is 14.8 Å². The maximum atomic E-state index is 12.7. The zero-order chi connectivity index (χ0) is 13.8. The smallest absolute Gasteiger partial charge is 0.270 e. The van der Waals surface area contributed by atoms with Crippen LogP contribution >= 0.6 is 11.6 Å². The summed E-state index contributed by atoms with van der Waals surface area (Å²) in [4.78, 5) is 14.7. The monoisotopic (exact) mass is 283 g/mol. The van der Waals surface area contributed by atoms with Crippen molar-refractivity contribution >= 4 is 17.5 Å². The van der Waals surface area contributed by atoms with Gasteiger partial charge in [0.1, 0.15) is 5.69 Å². The zero-order valence-corrected chi connectivity index (χ0v) is 12.4. The van der Waals surface area contributed by atoms with E-state index in [4.69, 9.17) is 11.6 Å². The van der Waals surface area contributed by atoms with Gasteiger partial charge in [-0.05, 0) is 45.8 Å². The van der Waals surface area contributed by atoms with Gasteiger partial charge in [-0.15, -0.1) is 0 Å². The molecule has 1 aliphatic heterocycles. The van der Waals surface area contributed by atoms with Crippen molar-refractivity contribution in [3.8, 4) is 0 Å². The van der Waals surface area contributed by atoms with E-state index in [2.05, 4.69) is 5.32 Å². The summed E-state index contributed by atoms with van der Waals surface area (Å²) < 4.78 is 1.93. The van der Waals surface area contributed by atoms with Crippen molar-refractivity contribution in [1.29, 1.82) is 0 Å². The van der Waals surface area contributed by atoms with Crippen molar-refractivity contribution in [3.05, 3.63) is 23.0 Å². The fourth-order valence-electron chi connectivity index (χ4n) is 2.75. The molecular formula is C14H22ClN3O. The molecule has 1 amide bonds. The van der Waals surface area contributed by atoms with Gasteiger partial charge in [-0.25, -0.2) is 0 Å². The van der Waals surface area contributed by atoms with Crippen LogP contribution in [0.3, 0.4) is 0 Å². The number of halogens is 1. The molecule has 0 unspecified atom stereocenters. The lowest BCUT2D eigenvalue weighted by Crippen LogP contribution is -2.46. The first kappa shape index (κ1) is 14.4. The van der Waals surface area contributed by atoms with Gasteiger partial charge in [-0.1, -0.05) is 11.6 Å². The SMILES string of the molecule is CCN(C(=O)c1cc(Cl)cn1CC)C1CCNCC1. The van der Waals surface area contributed by atoms with Crippen molar-refractivity contribution in [2.75, 3.05) is 19.6 Å². The number of aryl methyl sites for hydroxylation is 1. The van der Waals surface area contributed by atoms with Gasteiger partial charge in [-0.2, -0.15) is 0 Å². The number of piperidine rings is 1. The third-order valence-electron chi connectivity index (χ3n) is 3.77. The molecule has 0 radical (unpaired) electrons. The number of aromatic nitrogens is 1. The first-order valence-electron chi connectivity index (χ1n) is 7.04. The maximum Gasteiger partial charge on any atom is 0.270 e. The van der Waals surface area contributed by atoms with Gasteiger partial charge in [0.2, 0.25) is 0 Å². The molecule has 1 aliphatic rings. The van der Waals surface area contributed by atoms with Crippen LogP contribution in [0.2, 0.25) is 5.02 Å². The topological polar surface area (TPSA) is 37.3 Å². The maximum absolute atomic E-state index is 12.7. The number of amides is 1. The van der Waals surface area contributed by atoms with Crippen LogP contribution < -0.4 is 5.32 Å². The van der Waals surface area contributed by atoms with E-state index < -0.39 is 0 Å². The average molecular weight is 284 g/mol. The molecule has 2 heterocycles. The first-order valence-corrected chi connectivity index (χ1v) is 7.42. The summed E-state index contributed by atoms with van der Waals surface area (Å²) in [5.74, 6) is 0.100. The summed E-state index contributed by atoms with van der Waals surface area (Å²) in [5.41, 5.74) is 0.702. The van der Waals surface area contributed by atoms with E-state index >= 15 is 0 Å². The van der Waals surface area contributed by atoms with E-state index in [0.29, 0.717) is 16.8 Å². The van der Waals surface area contributed by atoms with Gasteiger partial charge in [0.15, 0.2) is 0 Å². The second kappa shape index (κ2) is 6.44. The first-order chi connectivity index (χ1) is 9.17. The normalized spacial score (nSPS) is 16.6. The largest absolute Gasteiger partial charge is 0.342 e. The minimum atomic E-state index is 0.100. The van der Waals surface area contributed by atoms with E-state index in [1.54, 1.807) is 6.07 Å². The highest BCUT2D eigenvalue weighted by atomic mass is 35.5. The average Bonchev–Trinajstić information content (AvgIpc) is 2.82. The number of carbonyl (C=O) groups excluding carboxylic acids is 1. The molecule has 0 saturated carbocycles. The molecule has 1 fully saturated rings. The number of hydrogen-bond donors (Lipinski definition) is 1. The number of nitrogens with zero attached hydrogens (tertiary/aromatic N) is 2. The van der Waals surface area contributed by atoms with Crippen LogP contribution in [0.4, 0.5) is 0 Å². The Kier molecular flexibility index (Phi) is 4.88. The van der Waals surface area contributed by atoms with Gasteiger partial charge in [0.05, 0.1) is 5.02 Å². The summed E-state index contributed by atoms with van der Waals surface area (Å²) in [7, 11) is 0. The van der Waals surface area contributed by atoms with Crippen LogP contribution in [0.15, 0.2) is 12.3 Å². The van der Waals surface area contributed by atoms with Crippen molar-refractivity contribution < 1.29 is 4.79 Å². The molecule has 19 heavy (non-hydrogen) atoms. The number of nitrogens with one attached hydrogen (secondary N) is 1. The van der Waals surface area contributed by atoms with Crippen LogP contribution in [-0.2, 0) is 6.54 Å². The Labute approximate surface area is 119 Å². The highest BCUT2D eigenvalue weighted by molar-refractivity contribution is 6.31. The molecule has 0 bridgehead atoms. The molecule has 5 heteroatoms. The fourth-order valence-corrected chi connectivity index (χ4v) is 2.97. The second-order valence-electron chi connectivity index (χ2n) is 4.90. The summed E-state index contributed by atoms with van der Waals surface area (Å²) in [6.07, 6.45) is 3.88. The van der Waals surface area contributed by atoms with E-state index in [1.807, 2.05) is 29.5 Å². The Bertz CT molecular complexity index is 438. The molecule has 1 saturated heterocycles. The summed E-state index contributed by atoms with van der Waals surface area (Å²) in [6.45, 7) is 7.55. The number of carbonyl (C=O) groups is 1. The Morgan fingerprint density at radius 2 is 2.16 bits per heavy atom. The lowest BCUT2D eigenvalue weighted by molar-refractivity contribution is 0.0645. The van der Waals surface area contributed by atoms with E-state index in [1.165, 1.54) is 0 Å². The number of rotatable bonds is 4. The van der Waals surface area contributed by atoms with Crippen molar-refractivity contribution in [2.24, 2.45) is 0 Å². The van der Waals surface area contributed by atoms with Gasteiger partial charge in [0.25, 0.3) is 5.91 Å². The predicted octanol–water partition coefficient (Wildman–Crippen LogP) is 2.38. The van der Waals surface area contributed by atoms with Crippen molar-refractivity contribution in [3.63, 3.8) is 0 Å². The lowest BCUT2D eigenvalue weighted by atomic mass is 10.0. The third kappa shape index (κ3) is 3.12. The third-order valence-corrected chi connectivity index (χ3v) is 3.98. The van der Waals surface area contributed by atoms with Crippen LogP contribution in [-0.4, -0.2) is 41.1 Å². The van der Waals surface area contributed by atoms with Crippen LogP contribution in [0.1, 0.15) is 37.2 Å². The molecule has 0 spiro atoms. The molecule has 2 rings (SSSR count). The minimum absolute atomic E-state index is 0.100. The van der Waals surface area contributed by atoms with Crippen molar-refractivity contribution in [2.45, 2.75) is 39.3 Å². The molecule has 0 aromatic carbocycles. The Hall–Kier alpha value is -1.00. The minimum Gasteiger partial charge on any atom is -0.342 e. The molecule has 1 aromatic heterocycles. The summed E-state index contributed by atoms with van der Waals surface area (Å²) in [5, 5.41) is 3.97. The van der Waals surface area contributed by atoms with E-state index in [0.717, 1.165) is 39.0 Å². The zero-order valence-electron chi connectivity index (χ0n) is 11.7. The molecule has 0 atom stereocenters. The fraction of sp³-hybridized carbons (Fsp3) is 0.643.